The number of esters is 1. The number of nitro groups is 1. The van der Waals surface area contributed by atoms with Crippen LogP contribution in [0.5, 0.6) is 0 Å². The monoisotopic (exact) mass is 347 g/mol. The third kappa shape index (κ3) is 4.56. The summed E-state index contributed by atoms with van der Waals surface area (Å²) in [5.74, 6) is -0.775. The summed E-state index contributed by atoms with van der Waals surface area (Å²) in [6, 6.07) is 7.26. The molecule has 0 aliphatic rings. The molecule has 0 saturated heterocycles. The number of carbonyl (C=O) groups excluding carboxylic acids is 2. The molecule has 0 aliphatic carbocycles. The third-order valence-corrected chi connectivity index (χ3v) is 3.37. The van der Waals surface area contributed by atoms with Gasteiger partial charge in [0.1, 0.15) is 11.4 Å². The van der Waals surface area contributed by atoms with Crippen molar-refractivity contribution in [1.82, 2.24) is 5.32 Å². The molecular formula is C16H17N3O6. The van der Waals surface area contributed by atoms with Crippen molar-refractivity contribution in [3.63, 3.8) is 0 Å². The Morgan fingerprint density at radius 2 is 2.12 bits per heavy atom. The van der Waals surface area contributed by atoms with Gasteiger partial charge in [0.15, 0.2) is 6.10 Å². The lowest BCUT2D eigenvalue weighted by Crippen LogP contribution is -2.35. The number of anilines is 1. The van der Waals surface area contributed by atoms with E-state index in [2.05, 4.69) is 10.6 Å². The van der Waals surface area contributed by atoms with Crippen LogP contribution in [0.15, 0.2) is 41.0 Å². The zero-order chi connectivity index (χ0) is 18.4. The summed E-state index contributed by atoms with van der Waals surface area (Å²) < 4.78 is 10.1. The highest BCUT2D eigenvalue weighted by Gasteiger charge is 2.22. The van der Waals surface area contributed by atoms with Crippen LogP contribution >= 0.6 is 0 Å². The summed E-state index contributed by atoms with van der Waals surface area (Å²) in [5, 5.41) is 16.3. The fourth-order valence-corrected chi connectivity index (χ4v) is 2.03. The Bertz CT molecular complexity index is 772. The van der Waals surface area contributed by atoms with E-state index in [1.807, 2.05) is 0 Å². The summed E-state index contributed by atoms with van der Waals surface area (Å²) in [6.07, 6.45) is 0.414. The van der Waals surface area contributed by atoms with E-state index in [0.29, 0.717) is 5.76 Å². The van der Waals surface area contributed by atoms with Gasteiger partial charge in [0.2, 0.25) is 0 Å². The molecule has 1 aromatic carbocycles. The van der Waals surface area contributed by atoms with E-state index < -0.39 is 22.9 Å². The van der Waals surface area contributed by atoms with Gasteiger partial charge < -0.3 is 19.8 Å². The normalized spacial score (nSPS) is 11.4. The molecule has 1 aromatic heterocycles. The number of hydrogen-bond acceptors (Lipinski definition) is 7. The number of benzene rings is 1. The number of nitrogens with one attached hydrogen (secondary N) is 2. The minimum Gasteiger partial charge on any atom is -0.467 e. The van der Waals surface area contributed by atoms with E-state index in [4.69, 9.17) is 9.15 Å². The molecule has 0 unspecified atom stereocenters. The summed E-state index contributed by atoms with van der Waals surface area (Å²) in [6.45, 7) is 1.57. The van der Waals surface area contributed by atoms with Crippen LogP contribution in [0.2, 0.25) is 0 Å². The summed E-state index contributed by atoms with van der Waals surface area (Å²) >= 11 is 0. The number of carbonyl (C=O) groups is 2. The molecule has 0 fully saturated rings. The fraction of sp³-hybridized carbons (Fsp3) is 0.250. The first-order chi connectivity index (χ1) is 11.9. The first-order valence-electron chi connectivity index (χ1n) is 7.39. The Morgan fingerprint density at radius 3 is 2.72 bits per heavy atom. The molecule has 0 aliphatic heterocycles. The van der Waals surface area contributed by atoms with Crippen molar-refractivity contribution in [2.45, 2.75) is 19.6 Å². The number of ether oxygens (including phenoxy) is 1. The van der Waals surface area contributed by atoms with Crippen LogP contribution in [0.25, 0.3) is 0 Å². The van der Waals surface area contributed by atoms with Gasteiger partial charge in [0.05, 0.1) is 23.3 Å². The number of nitrogens with zero attached hydrogens (tertiary/aromatic N) is 1. The first kappa shape index (κ1) is 18.0. The Labute approximate surface area is 143 Å². The van der Waals surface area contributed by atoms with Gasteiger partial charge in [-0.05, 0) is 31.2 Å². The summed E-state index contributed by atoms with van der Waals surface area (Å²) in [5.41, 5.74) is -0.00551. The van der Waals surface area contributed by atoms with Crippen LogP contribution in [0.1, 0.15) is 23.0 Å². The minimum atomic E-state index is -1.06. The van der Waals surface area contributed by atoms with Crippen LogP contribution in [0, 0.1) is 10.1 Å². The van der Waals surface area contributed by atoms with Crippen molar-refractivity contribution in [1.29, 1.82) is 0 Å². The number of amides is 1. The predicted octanol–water partition coefficient (Wildman–Crippen LogP) is 2.09. The largest absolute Gasteiger partial charge is 0.467 e. The Morgan fingerprint density at radius 1 is 1.36 bits per heavy atom. The van der Waals surface area contributed by atoms with Crippen LogP contribution in [-0.4, -0.2) is 30.0 Å². The van der Waals surface area contributed by atoms with Gasteiger partial charge >= 0.3 is 5.97 Å². The van der Waals surface area contributed by atoms with E-state index in [1.54, 1.807) is 12.1 Å². The lowest BCUT2D eigenvalue weighted by molar-refractivity contribution is -0.384. The fourth-order valence-electron chi connectivity index (χ4n) is 2.03. The molecule has 2 N–H and O–H groups in total. The van der Waals surface area contributed by atoms with Crippen molar-refractivity contribution >= 4 is 23.3 Å². The number of nitro benzene ring substituents is 1. The van der Waals surface area contributed by atoms with Gasteiger partial charge in [-0.2, -0.15) is 0 Å². The molecule has 9 heteroatoms. The standard InChI is InChI=1S/C16H17N3O6/c1-10(15(20)18-9-12-4-3-7-24-12)25-16(21)11-5-6-13(17-2)14(8-11)19(22)23/h3-8,10,17H,9H2,1-2H3,(H,18,20)/t10-/m1/s1. The van der Waals surface area contributed by atoms with E-state index in [0.717, 1.165) is 6.07 Å². The topological polar surface area (TPSA) is 124 Å². The summed E-state index contributed by atoms with van der Waals surface area (Å²) in [7, 11) is 1.53. The molecule has 1 heterocycles. The van der Waals surface area contributed by atoms with Gasteiger partial charge in [0.25, 0.3) is 11.6 Å². The molecule has 132 valence electrons. The molecule has 25 heavy (non-hydrogen) atoms. The zero-order valence-electron chi connectivity index (χ0n) is 13.6. The second-order valence-corrected chi connectivity index (χ2v) is 5.08. The maximum Gasteiger partial charge on any atom is 0.339 e. The number of furan rings is 1. The molecule has 0 spiro atoms. The minimum absolute atomic E-state index is 0.0172. The molecule has 1 amide bonds. The second-order valence-electron chi connectivity index (χ2n) is 5.08. The number of rotatable bonds is 7. The first-order valence-corrected chi connectivity index (χ1v) is 7.39. The predicted molar refractivity (Wildman–Crippen MR) is 88.1 cm³/mol. The summed E-state index contributed by atoms with van der Waals surface area (Å²) in [4.78, 5) is 34.5. The maximum atomic E-state index is 12.1. The molecule has 2 rings (SSSR count). The molecule has 0 radical (unpaired) electrons. The average molecular weight is 347 g/mol. The Balaban J connectivity index is 1.99. The molecular weight excluding hydrogens is 330 g/mol. The van der Waals surface area contributed by atoms with Crippen molar-refractivity contribution in [3.05, 3.63) is 58.0 Å². The second kappa shape index (κ2) is 7.95. The van der Waals surface area contributed by atoms with Crippen LogP contribution < -0.4 is 10.6 Å². The SMILES string of the molecule is CNc1ccc(C(=O)O[C@H](C)C(=O)NCc2ccco2)cc1[N+](=O)[O-]. The van der Waals surface area contributed by atoms with Crippen LogP contribution in [-0.2, 0) is 16.1 Å². The Hall–Kier alpha value is -3.36. The Kier molecular flexibility index (Phi) is 5.72. The van der Waals surface area contributed by atoms with Crippen LogP contribution in [0.3, 0.4) is 0 Å². The zero-order valence-corrected chi connectivity index (χ0v) is 13.6. The maximum absolute atomic E-state index is 12.1. The third-order valence-electron chi connectivity index (χ3n) is 3.37. The van der Waals surface area contributed by atoms with Gasteiger partial charge in [0, 0.05) is 13.1 Å². The highest BCUT2D eigenvalue weighted by Crippen LogP contribution is 2.25. The van der Waals surface area contributed by atoms with Crippen molar-refractivity contribution in [3.8, 4) is 0 Å². The van der Waals surface area contributed by atoms with Crippen LogP contribution in [0.4, 0.5) is 11.4 Å². The molecule has 2 aromatic rings. The lowest BCUT2D eigenvalue weighted by Gasteiger charge is -2.13. The highest BCUT2D eigenvalue weighted by molar-refractivity contribution is 5.93. The molecule has 0 saturated carbocycles. The van der Waals surface area contributed by atoms with E-state index in [1.165, 1.54) is 32.4 Å². The average Bonchev–Trinajstić information content (AvgIpc) is 3.12. The molecule has 0 bridgehead atoms. The van der Waals surface area contributed by atoms with Gasteiger partial charge in [-0.1, -0.05) is 0 Å². The van der Waals surface area contributed by atoms with Crippen molar-refractivity contribution in [2.75, 3.05) is 12.4 Å². The van der Waals surface area contributed by atoms with Gasteiger partial charge in [-0.15, -0.1) is 0 Å². The van der Waals surface area contributed by atoms with E-state index >= 15 is 0 Å². The van der Waals surface area contributed by atoms with E-state index in [9.17, 15) is 19.7 Å². The smallest absolute Gasteiger partial charge is 0.339 e. The lowest BCUT2D eigenvalue weighted by atomic mass is 10.1. The number of hydrogen-bond donors (Lipinski definition) is 2. The quantitative estimate of drug-likeness (QED) is 0.446. The van der Waals surface area contributed by atoms with E-state index in [-0.39, 0.29) is 23.5 Å². The van der Waals surface area contributed by atoms with Crippen molar-refractivity contribution < 1.29 is 23.7 Å². The molecule has 1 atom stereocenters. The van der Waals surface area contributed by atoms with Crippen molar-refractivity contribution in [2.24, 2.45) is 0 Å². The van der Waals surface area contributed by atoms with Gasteiger partial charge in [-0.3, -0.25) is 14.9 Å². The van der Waals surface area contributed by atoms with Gasteiger partial charge in [-0.25, -0.2) is 4.79 Å². The highest BCUT2D eigenvalue weighted by atomic mass is 16.6. The molecule has 9 nitrogen and oxygen atoms in total.